The van der Waals surface area contributed by atoms with Crippen molar-refractivity contribution in [2.75, 3.05) is 33.2 Å². The van der Waals surface area contributed by atoms with E-state index in [1.165, 1.54) is 5.56 Å². The first kappa shape index (κ1) is 16.0. The molecule has 0 aromatic heterocycles. The number of hydrogen-bond donors (Lipinski definition) is 1. The molecular formula is C17H27N3O. The van der Waals surface area contributed by atoms with Gasteiger partial charge < -0.3 is 10.2 Å². The van der Waals surface area contributed by atoms with Crippen LogP contribution in [-0.2, 0) is 11.3 Å². The Balaban J connectivity index is 1.95. The predicted molar refractivity (Wildman–Crippen MR) is 86.1 cm³/mol. The molecule has 0 unspecified atom stereocenters. The summed E-state index contributed by atoms with van der Waals surface area (Å²) in [5.74, 6) is 0.261. The first-order valence-corrected chi connectivity index (χ1v) is 7.74. The van der Waals surface area contributed by atoms with E-state index >= 15 is 0 Å². The third kappa shape index (κ3) is 4.29. The summed E-state index contributed by atoms with van der Waals surface area (Å²) in [6.07, 6.45) is 0.589. The van der Waals surface area contributed by atoms with Gasteiger partial charge in [-0.2, -0.15) is 0 Å². The molecule has 1 saturated heterocycles. The molecule has 21 heavy (non-hydrogen) atoms. The van der Waals surface area contributed by atoms with E-state index < -0.39 is 0 Å². The monoisotopic (exact) mass is 289 g/mol. The minimum absolute atomic E-state index is 0.0173. The summed E-state index contributed by atoms with van der Waals surface area (Å²) in [5.41, 5.74) is 1.35. The van der Waals surface area contributed by atoms with E-state index in [0.29, 0.717) is 6.42 Å². The average molecular weight is 289 g/mol. The Morgan fingerprint density at radius 2 is 1.95 bits per heavy atom. The van der Waals surface area contributed by atoms with Gasteiger partial charge in [0.05, 0.1) is 0 Å². The number of nitrogens with zero attached hydrogens (tertiary/aromatic N) is 2. The molecular weight excluding hydrogens is 262 g/mol. The van der Waals surface area contributed by atoms with Crippen molar-refractivity contribution in [3.05, 3.63) is 35.9 Å². The van der Waals surface area contributed by atoms with Crippen LogP contribution < -0.4 is 5.32 Å². The number of piperazine rings is 1. The van der Waals surface area contributed by atoms with Gasteiger partial charge in [-0.05, 0) is 26.5 Å². The fourth-order valence-corrected chi connectivity index (χ4v) is 2.89. The second kappa shape index (κ2) is 7.05. The van der Waals surface area contributed by atoms with Gasteiger partial charge in [-0.1, -0.05) is 30.3 Å². The molecule has 1 aliphatic heterocycles. The first-order chi connectivity index (χ1) is 10.0. The molecule has 0 aliphatic carbocycles. The van der Waals surface area contributed by atoms with E-state index in [9.17, 15) is 4.79 Å². The summed E-state index contributed by atoms with van der Waals surface area (Å²) in [4.78, 5) is 16.7. The zero-order chi connectivity index (χ0) is 15.3. The van der Waals surface area contributed by atoms with Gasteiger partial charge in [0, 0.05) is 44.7 Å². The van der Waals surface area contributed by atoms with E-state index in [1.807, 2.05) is 18.0 Å². The average Bonchev–Trinajstić information content (AvgIpc) is 2.47. The summed E-state index contributed by atoms with van der Waals surface area (Å²) in [5, 5.41) is 3.04. The van der Waals surface area contributed by atoms with Crippen LogP contribution in [0.1, 0.15) is 25.8 Å². The summed E-state index contributed by atoms with van der Waals surface area (Å²) in [6.45, 7) is 8.74. The van der Waals surface area contributed by atoms with Gasteiger partial charge >= 0.3 is 0 Å². The largest absolute Gasteiger partial charge is 0.340 e. The summed E-state index contributed by atoms with van der Waals surface area (Å²) in [6, 6.07) is 10.5. The Bertz CT molecular complexity index is 458. The highest BCUT2D eigenvalue weighted by molar-refractivity contribution is 5.76. The van der Waals surface area contributed by atoms with E-state index in [0.717, 1.165) is 32.7 Å². The molecule has 0 bridgehead atoms. The lowest BCUT2D eigenvalue weighted by atomic mass is 9.97. The van der Waals surface area contributed by atoms with E-state index in [1.54, 1.807) is 0 Å². The molecule has 1 amide bonds. The van der Waals surface area contributed by atoms with Crippen molar-refractivity contribution in [1.29, 1.82) is 0 Å². The van der Waals surface area contributed by atoms with Gasteiger partial charge in [-0.3, -0.25) is 9.69 Å². The smallest absolute Gasteiger partial charge is 0.223 e. The number of amides is 1. The first-order valence-electron chi connectivity index (χ1n) is 7.74. The van der Waals surface area contributed by atoms with Gasteiger partial charge in [0.1, 0.15) is 0 Å². The predicted octanol–water partition coefficient (Wildman–Crippen LogP) is 1.72. The quantitative estimate of drug-likeness (QED) is 0.896. The third-order valence-corrected chi connectivity index (χ3v) is 4.23. The molecule has 1 N–H and O–H groups in total. The number of rotatable bonds is 5. The molecule has 4 nitrogen and oxygen atoms in total. The van der Waals surface area contributed by atoms with Crippen LogP contribution in [0.25, 0.3) is 0 Å². The fourth-order valence-electron chi connectivity index (χ4n) is 2.89. The number of benzene rings is 1. The van der Waals surface area contributed by atoms with Crippen molar-refractivity contribution >= 4 is 5.91 Å². The Morgan fingerprint density at radius 3 is 2.57 bits per heavy atom. The van der Waals surface area contributed by atoms with Gasteiger partial charge in [-0.25, -0.2) is 0 Å². The van der Waals surface area contributed by atoms with E-state index in [-0.39, 0.29) is 11.4 Å². The zero-order valence-corrected chi connectivity index (χ0v) is 13.4. The van der Waals surface area contributed by atoms with Crippen molar-refractivity contribution in [2.24, 2.45) is 0 Å². The van der Waals surface area contributed by atoms with Crippen LogP contribution in [0.4, 0.5) is 0 Å². The van der Waals surface area contributed by atoms with Gasteiger partial charge in [0.15, 0.2) is 0 Å². The molecule has 116 valence electrons. The fraction of sp³-hybridized carbons (Fsp3) is 0.588. The third-order valence-electron chi connectivity index (χ3n) is 4.23. The van der Waals surface area contributed by atoms with E-state index in [4.69, 9.17) is 0 Å². The maximum absolute atomic E-state index is 12.2. The maximum Gasteiger partial charge on any atom is 0.223 e. The Kier molecular flexibility index (Phi) is 5.37. The van der Waals surface area contributed by atoms with E-state index in [2.05, 4.69) is 48.3 Å². The molecule has 0 radical (unpaired) electrons. The van der Waals surface area contributed by atoms with Crippen LogP contribution >= 0.6 is 0 Å². The molecule has 1 fully saturated rings. The normalized spacial score (nSPS) is 18.7. The molecule has 1 aliphatic rings. The van der Waals surface area contributed by atoms with Crippen LogP contribution in [0.15, 0.2) is 30.3 Å². The molecule has 0 saturated carbocycles. The number of carbonyl (C=O) groups excluding carboxylic acids is 1. The Hall–Kier alpha value is -1.39. The molecule has 1 aromatic rings. The molecule has 0 atom stereocenters. The van der Waals surface area contributed by atoms with Crippen LogP contribution in [0.3, 0.4) is 0 Å². The molecule has 4 heteroatoms. The molecule has 2 rings (SSSR count). The highest BCUT2D eigenvalue weighted by Crippen LogP contribution is 2.23. The Labute approximate surface area is 128 Å². The van der Waals surface area contributed by atoms with Crippen LogP contribution in [0.2, 0.25) is 0 Å². The van der Waals surface area contributed by atoms with Gasteiger partial charge in [0.25, 0.3) is 0 Å². The van der Waals surface area contributed by atoms with Crippen LogP contribution in [0.5, 0.6) is 0 Å². The lowest BCUT2D eigenvalue weighted by Crippen LogP contribution is -2.60. The standard InChI is InChI=1S/C17H27N3O/c1-17(2)14-19(16(21)9-10-18-3)11-12-20(17)13-15-7-5-4-6-8-15/h4-8,18H,9-14H2,1-3H3. The highest BCUT2D eigenvalue weighted by Gasteiger charge is 2.35. The van der Waals surface area contributed by atoms with Crippen molar-refractivity contribution in [3.8, 4) is 0 Å². The number of nitrogens with one attached hydrogen (secondary N) is 1. The van der Waals surface area contributed by atoms with Crippen molar-refractivity contribution < 1.29 is 4.79 Å². The van der Waals surface area contributed by atoms with Crippen molar-refractivity contribution in [2.45, 2.75) is 32.4 Å². The lowest BCUT2D eigenvalue weighted by Gasteiger charge is -2.47. The van der Waals surface area contributed by atoms with Crippen molar-refractivity contribution in [1.82, 2.24) is 15.1 Å². The number of hydrogen-bond acceptors (Lipinski definition) is 3. The number of carbonyl (C=O) groups is 1. The van der Waals surface area contributed by atoms with Crippen LogP contribution in [-0.4, -0.2) is 54.5 Å². The summed E-state index contributed by atoms with van der Waals surface area (Å²) < 4.78 is 0. The second-order valence-electron chi connectivity index (χ2n) is 6.39. The Morgan fingerprint density at radius 1 is 1.24 bits per heavy atom. The summed E-state index contributed by atoms with van der Waals surface area (Å²) >= 11 is 0. The molecule has 1 heterocycles. The lowest BCUT2D eigenvalue weighted by molar-refractivity contribution is -0.136. The van der Waals surface area contributed by atoms with Gasteiger partial charge in [-0.15, -0.1) is 0 Å². The maximum atomic E-state index is 12.2. The second-order valence-corrected chi connectivity index (χ2v) is 6.39. The minimum Gasteiger partial charge on any atom is -0.340 e. The topological polar surface area (TPSA) is 35.6 Å². The highest BCUT2D eigenvalue weighted by atomic mass is 16.2. The molecule has 0 spiro atoms. The van der Waals surface area contributed by atoms with Crippen LogP contribution in [0, 0.1) is 0 Å². The van der Waals surface area contributed by atoms with Crippen molar-refractivity contribution in [3.63, 3.8) is 0 Å². The molecule has 1 aromatic carbocycles. The zero-order valence-electron chi connectivity index (χ0n) is 13.4. The van der Waals surface area contributed by atoms with Gasteiger partial charge in [0.2, 0.25) is 5.91 Å². The summed E-state index contributed by atoms with van der Waals surface area (Å²) in [7, 11) is 1.88. The minimum atomic E-state index is 0.0173. The SMILES string of the molecule is CNCCC(=O)N1CCN(Cc2ccccc2)C(C)(C)C1.